The van der Waals surface area contributed by atoms with Gasteiger partial charge in [-0.3, -0.25) is 0 Å². The third kappa shape index (κ3) is 3.74. The molecule has 124 valence electrons. The van der Waals surface area contributed by atoms with Crippen LogP contribution < -0.4 is 14.8 Å². The zero-order chi connectivity index (χ0) is 14.9. The maximum absolute atomic E-state index is 12.4. The first-order valence-electron chi connectivity index (χ1n) is 7.45. The second-order valence-corrected chi connectivity index (χ2v) is 8.02. The first-order chi connectivity index (χ1) is 9.99. The molecule has 0 aromatic heterocycles. The number of hydrogen-bond acceptors (Lipinski definition) is 4. The molecule has 1 aromatic rings. The quantitative estimate of drug-likeness (QED) is 0.871. The lowest BCUT2D eigenvalue weighted by molar-refractivity contribution is 0.232. The smallest absolute Gasteiger partial charge is 0.240 e. The van der Waals surface area contributed by atoms with Crippen LogP contribution in [-0.2, 0) is 16.4 Å². The normalized spacial score (nSPS) is 19.9. The molecule has 1 saturated heterocycles. The summed E-state index contributed by atoms with van der Waals surface area (Å²) in [5.74, 6) is 0.805. The topological polar surface area (TPSA) is 67.4 Å². The molecule has 1 fully saturated rings. The van der Waals surface area contributed by atoms with Crippen molar-refractivity contribution in [2.75, 3.05) is 26.2 Å². The van der Waals surface area contributed by atoms with Gasteiger partial charge in [0.2, 0.25) is 10.0 Å². The van der Waals surface area contributed by atoms with E-state index in [1.54, 1.807) is 18.2 Å². The summed E-state index contributed by atoms with van der Waals surface area (Å²) in [6.07, 6.45) is 2.77. The van der Waals surface area contributed by atoms with Gasteiger partial charge in [-0.15, -0.1) is 12.4 Å². The summed E-state index contributed by atoms with van der Waals surface area (Å²) in [7, 11) is -3.45. The van der Waals surface area contributed by atoms with E-state index in [0.717, 1.165) is 43.7 Å². The van der Waals surface area contributed by atoms with Gasteiger partial charge in [0.05, 0.1) is 11.5 Å². The van der Waals surface area contributed by atoms with Crippen molar-refractivity contribution in [1.29, 1.82) is 0 Å². The summed E-state index contributed by atoms with van der Waals surface area (Å²) in [5, 5.41) is 3.31. The number of sulfonamides is 1. The van der Waals surface area contributed by atoms with E-state index in [4.69, 9.17) is 4.74 Å². The van der Waals surface area contributed by atoms with Gasteiger partial charge in [0.15, 0.2) is 0 Å². The Balaban J connectivity index is 0.00000176. The second-order valence-electron chi connectivity index (χ2n) is 6.25. The van der Waals surface area contributed by atoms with Crippen LogP contribution in [0.2, 0.25) is 0 Å². The zero-order valence-electron chi connectivity index (χ0n) is 12.7. The molecule has 2 aliphatic rings. The van der Waals surface area contributed by atoms with Gasteiger partial charge in [-0.25, -0.2) is 13.1 Å². The molecule has 2 heterocycles. The van der Waals surface area contributed by atoms with E-state index in [-0.39, 0.29) is 17.8 Å². The van der Waals surface area contributed by atoms with E-state index >= 15 is 0 Å². The van der Waals surface area contributed by atoms with Crippen molar-refractivity contribution in [3.63, 3.8) is 0 Å². The van der Waals surface area contributed by atoms with Crippen molar-refractivity contribution in [2.24, 2.45) is 5.41 Å². The van der Waals surface area contributed by atoms with Gasteiger partial charge < -0.3 is 10.1 Å². The molecule has 0 radical (unpaired) electrons. The Morgan fingerprint density at radius 1 is 1.32 bits per heavy atom. The summed E-state index contributed by atoms with van der Waals surface area (Å²) >= 11 is 0. The third-order valence-corrected chi connectivity index (χ3v) is 5.87. The van der Waals surface area contributed by atoms with Crippen molar-refractivity contribution in [3.05, 3.63) is 23.8 Å². The Hall–Kier alpha value is -0.820. The Bertz CT molecular complexity index is 628. The van der Waals surface area contributed by atoms with E-state index in [1.165, 1.54) is 0 Å². The average molecular weight is 347 g/mol. The molecule has 0 amide bonds. The predicted molar refractivity (Wildman–Crippen MR) is 88.3 cm³/mol. The van der Waals surface area contributed by atoms with E-state index in [2.05, 4.69) is 17.0 Å². The van der Waals surface area contributed by atoms with Crippen molar-refractivity contribution < 1.29 is 13.2 Å². The van der Waals surface area contributed by atoms with E-state index in [9.17, 15) is 8.42 Å². The first kappa shape index (κ1) is 17.5. The molecule has 0 bridgehead atoms. The number of benzene rings is 1. The fourth-order valence-corrected chi connectivity index (χ4v) is 4.14. The Morgan fingerprint density at radius 2 is 2.05 bits per heavy atom. The highest BCUT2D eigenvalue weighted by molar-refractivity contribution is 7.89. The molecule has 2 N–H and O–H groups in total. The third-order valence-electron chi connectivity index (χ3n) is 4.47. The first-order valence-corrected chi connectivity index (χ1v) is 8.93. The summed E-state index contributed by atoms with van der Waals surface area (Å²) in [6, 6.07) is 5.11. The van der Waals surface area contributed by atoms with Crippen LogP contribution in [-0.4, -0.2) is 34.7 Å². The molecular formula is C15H23ClN2O3S. The SMILES string of the molecule is CC1(CNS(=O)(=O)c2ccc3c(c2)CCO3)CCNCC1.Cl. The highest BCUT2D eigenvalue weighted by atomic mass is 35.5. The van der Waals surface area contributed by atoms with Gasteiger partial charge in [0.1, 0.15) is 5.75 Å². The number of fused-ring (bicyclic) bond motifs is 1. The fourth-order valence-electron chi connectivity index (χ4n) is 2.89. The Kier molecular flexibility index (Phi) is 5.37. The van der Waals surface area contributed by atoms with E-state index < -0.39 is 10.0 Å². The van der Waals surface area contributed by atoms with Gasteiger partial charge in [-0.2, -0.15) is 0 Å². The molecule has 0 unspecified atom stereocenters. The number of piperidine rings is 1. The fraction of sp³-hybridized carbons (Fsp3) is 0.600. The highest BCUT2D eigenvalue weighted by Gasteiger charge is 2.29. The number of ether oxygens (including phenoxy) is 1. The van der Waals surface area contributed by atoms with Crippen LogP contribution in [0.1, 0.15) is 25.3 Å². The molecule has 3 rings (SSSR count). The lowest BCUT2D eigenvalue weighted by Crippen LogP contribution is -2.42. The largest absolute Gasteiger partial charge is 0.493 e. The van der Waals surface area contributed by atoms with Crippen LogP contribution >= 0.6 is 12.4 Å². The molecule has 0 spiro atoms. The molecule has 22 heavy (non-hydrogen) atoms. The summed E-state index contributed by atoms with van der Waals surface area (Å²) in [4.78, 5) is 0.337. The van der Waals surface area contributed by atoms with Crippen LogP contribution in [0.5, 0.6) is 5.75 Å². The zero-order valence-corrected chi connectivity index (χ0v) is 14.4. The number of nitrogens with one attached hydrogen (secondary N) is 2. The lowest BCUT2D eigenvalue weighted by Gasteiger charge is -2.34. The van der Waals surface area contributed by atoms with Crippen LogP contribution in [0.3, 0.4) is 0 Å². The minimum atomic E-state index is -3.45. The molecule has 2 aliphatic heterocycles. The minimum absolute atomic E-state index is 0. The average Bonchev–Trinajstić information content (AvgIpc) is 2.94. The minimum Gasteiger partial charge on any atom is -0.493 e. The monoisotopic (exact) mass is 346 g/mol. The summed E-state index contributed by atoms with van der Waals surface area (Å²) in [5.41, 5.74) is 1.02. The van der Waals surface area contributed by atoms with Crippen molar-refractivity contribution in [1.82, 2.24) is 10.0 Å². The molecule has 0 saturated carbocycles. The summed E-state index contributed by atoms with van der Waals surface area (Å²) < 4.78 is 33.1. The van der Waals surface area contributed by atoms with Crippen LogP contribution in [0, 0.1) is 5.41 Å². The maximum atomic E-state index is 12.4. The van der Waals surface area contributed by atoms with Gasteiger partial charge in [-0.1, -0.05) is 6.92 Å². The molecular weight excluding hydrogens is 324 g/mol. The van der Waals surface area contributed by atoms with Crippen LogP contribution in [0.15, 0.2) is 23.1 Å². The van der Waals surface area contributed by atoms with Crippen LogP contribution in [0.4, 0.5) is 0 Å². The summed E-state index contributed by atoms with van der Waals surface area (Å²) in [6.45, 7) is 5.18. The van der Waals surface area contributed by atoms with Crippen LogP contribution in [0.25, 0.3) is 0 Å². The Morgan fingerprint density at radius 3 is 2.77 bits per heavy atom. The van der Waals surface area contributed by atoms with Gasteiger partial charge in [-0.05, 0) is 55.1 Å². The van der Waals surface area contributed by atoms with E-state index in [1.807, 2.05) is 0 Å². The highest BCUT2D eigenvalue weighted by Crippen LogP contribution is 2.29. The maximum Gasteiger partial charge on any atom is 0.240 e. The van der Waals surface area contributed by atoms with E-state index in [0.29, 0.717) is 18.0 Å². The molecule has 0 aliphatic carbocycles. The van der Waals surface area contributed by atoms with Gasteiger partial charge in [0, 0.05) is 13.0 Å². The Labute approximate surface area is 138 Å². The van der Waals surface area contributed by atoms with Gasteiger partial charge >= 0.3 is 0 Å². The standard InChI is InChI=1S/C15H22N2O3S.ClH/c1-15(5-7-16-8-6-15)11-17-21(18,19)13-2-3-14-12(10-13)4-9-20-14;/h2-3,10,16-17H,4-9,11H2,1H3;1H. The lowest BCUT2D eigenvalue weighted by atomic mass is 9.81. The number of rotatable bonds is 4. The van der Waals surface area contributed by atoms with Crippen molar-refractivity contribution in [3.8, 4) is 5.75 Å². The van der Waals surface area contributed by atoms with Crippen molar-refractivity contribution in [2.45, 2.75) is 31.1 Å². The number of hydrogen-bond donors (Lipinski definition) is 2. The molecule has 1 aromatic carbocycles. The molecule has 5 nitrogen and oxygen atoms in total. The number of halogens is 1. The van der Waals surface area contributed by atoms with Gasteiger partial charge in [0.25, 0.3) is 0 Å². The van der Waals surface area contributed by atoms with Crippen molar-refractivity contribution >= 4 is 22.4 Å². The second kappa shape index (κ2) is 6.74. The molecule has 7 heteroatoms. The predicted octanol–water partition coefficient (Wildman–Crippen LogP) is 1.71. The molecule has 0 atom stereocenters.